The van der Waals surface area contributed by atoms with Crippen LogP contribution in [0.4, 0.5) is 5.69 Å². The van der Waals surface area contributed by atoms with Crippen molar-refractivity contribution >= 4 is 26.6 Å². The number of sulfonamides is 1. The number of likely N-dealkylation sites (N-methyl/N-ethyl adjacent to an activating group) is 1. The van der Waals surface area contributed by atoms with Crippen molar-refractivity contribution in [3.05, 3.63) is 36.0 Å². The molecule has 2 aromatic rings. The molecule has 0 radical (unpaired) electrons. The summed E-state index contributed by atoms with van der Waals surface area (Å²) >= 11 is 0. The number of rotatable bonds is 6. The molecule has 1 aromatic heterocycles. The number of para-hydroxylation sites is 1. The Labute approximate surface area is 126 Å². The number of nitrogens with one attached hydrogen (secondary N) is 1. The first kappa shape index (κ1) is 15.7. The smallest absolute Gasteiger partial charge is 0.208 e. The van der Waals surface area contributed by atoms with Crippen LogP contribution in [0.25, 0.3) is 10.9 Å². The van der Waals surface area contributed by atoms with Crippen LogP contribution < -0.4 is 9.62 Å². The predicted molar refractivity (Wildman–Crippen MR) is 87.2 cm³/mol. The molecule has 2 rings (SSSR count). The third kappa shape index (κ3) is 4.15. The van der Waals surface area contributed by atoms with Crippen LogP contribution in [-0.4, -0.2) is 39.8 Å². The lowest BCUT2D eigenvalue weighted by Gasteiger charge is -2.22. The number of hydrogen-bond donors (Lipinski definition) is 1. The van der Waals surface area contributed by atoms with Crippen molar-refractivity contribution in [2.24, 2.45) is 0 Å². The standard InChI is InChI=1S/C15H21N3O2S/c1-4-12-11-15(13-7-5-6-8-14(13)17-12)18(2)10-9-16-21(3,19)20/h5-8,11,16H,4,9-10H2,1-3H3. The van der Waals surface area contributed by atoms with E-state index in [0.29, 0.717) is 13.1 Å². The number of nitrogens with zero attached hydrogens (tertiary/aromatic N) is 2. The second-order valence-corrected chi connectivity index (χ2v) is 6.92. The number of aryl methyl sites for hydroxylation is 1. The van der Waals surface area contributed by atoms with Crippen LogP contribution in [0, 0.1) is 0 Å². The van der Waals surface area contributed by atoms with Gasteiger partial charge >= 0.3 is 0 Å². The summed E-state index contributed by atoms with van der Waals surface area (Å²) in [5.74, 6) is 0. The maximum atomic E-state index is 11.1. The monoisotopic (exact) mass is 307 g/mol. The molecule has 1 N–H and O–H groups in total. The van der Waals surface area contributed by atoms with Crippen molar-refractivity contribution in [2.45, 2.75) is 13.3 Å². The third-order valence-electron chi connectivity index (χ3n) is 3.33. The van der Waals surface area contributed by atoms with Gasteiger partial charge in [-0.3, -0.25) is 4.98 Å². The summed E-state index contributed by atoms with van der Waals surface area (Å²) in [7, 11) is -1.18. The molecule has 6 heteroatoms. The van der Waals surface area contributed by atoms with Crippen LogP contribution >= 0.6 is 0 Å². The Hall–Kier alpha value is -1.66. The summed E-state index contributed by atoms with van der Waals surface area (Å²) in [6.07, 6.45) is 2.04. The highest BCUT2D eigenvalue weighted by atomic mass is 32.2. The molecule has 5 nitrogen and oxygen atoms in total. The van der Waals surface area contributed by atoms with E-state index in [9.17, 15) is 8.42 Å². The van der Waals surface area contributed by atoms with Crippen molar-refractivity contribution in [3.8, 4) is 0 Å². The summed E-state index contributed by atoms with van der Waals surface area (Å²) in [4.78, 5) is 6.68. The fourth-order valence-corrected chi connectivity index (χ4v) is 2.69. The molecule has 0 atom stereocenters. The van der Waals surface area contributed by atoms with Crippen LogP contribution in [0.1, 0.15) is 12.6 Å². The minimum atomic E-state index is -3.15. The van der Waals surface area contributed by atoms with Crippen LogP contribution in [0.3, 0.4) is 0 Å². The highest BCUT2D eigenvalue weighted by Gasteiger charge is 2.09. The summed E-state index contributed by atoms with van der Waals surface area (Å²) in [5, 5.41) is 1.08. The van der Waals surface area contributed by atoms with Crippen LogP contribution in [0.15, 0.2) is 30.3 Å². The number of benzene rings is 1. The zero-order valence-corrected chi connectivity index (χ0v) is 13.4. The molecular weight excluding hydrogens is 286 g/mol. The van der Waals surface area contributed by atoms with Crippen LogP contribution in [0.5, 0.6) is 0 Å². The van der Waals surface area contributed by atoms with Gasteiger partial charge in [-0.2, -0.15) is 0 Å². The first-order valence-corrected chi connectivity index (χ1v) is 8.84. The molecule has 0 unspecified atom stereocenters. The molecule has 0 spiro atoms. The van der Waals surface area contributed by atoms with E-state index in [1.54, 1.807) is 0 Å². The average molecular weight is 307 g/mol. The van der Waals surface area contributed by atoms with E-state index in [0.717, 1.165) is 28.7 Å². The molecule has 21 heavy (non-hydrogen) atoms. The summed E-state index contributed by atoms with van der Waals surface area (Å²) < 4.78 is 24.8. The Morgan fingerprint density at radius 3 is 2.67 bits per heavy atom. The summed E-state index contributed by atoms with van der Waals surface area (Å²) in [6, 6.07) is 10.1. The molecular formula is C15H21N3O2S. The fraction of sp³-hybridized carbons (Fsp3) is 0.400. The van der Waals surface area contributed by atoms with Gasteiger partial charge in [0.15, 0.2) is 0 Å². The van der Waals surface area contributed by atoms with E-state index in [-0.39, 0.29) is 0 Å². The van der Waals surface area contributed by atoms with Crippen molar-refractivity contribution in [3.63, 3.8) is 0 Å². The van der Waals surface area contributed by atoms with E-state index in [1.807, 2.05) is 31.3 Å². The van der Waals surface area contributed by atoms with Crippen molar-refractivity contribution in [1.29, 1.82) is 0 Å². The number of hydrogen-bond acceptors (Lipinski definition) is 4. The quantitative estimate of drug-likeness (QED) is 0.883. The molecule has 0 aliphatic rings. The number of fused-ring (bicyclic) bond motifs is 1. The molecule has 1 heterocycles. The molecule has 0 aliphatic carbocycles. The summed E-state index contributed by atoms with van der Waals surface area (Å²) in [6.45, 7) is 3.06. The van der Waals surface area contributed by atoms with Gasteiger partial charge in [0.25, 0.3) is 0 Å². The normalized spacial score (nSPS) is 11.8. The Balaban J connectivity index is 2.27. The lowest BCUT2D eigenvalue weighted by atomic mass is 10.1. The molecule has 0 aliphatic heterocycles. The number of anilines is 1. The Kier molecular flexibility index (Phi) is 4.80. The van der Waals surface area contributed by atoms with Crippen molar-refractivity contribution in [2.75, 3.05) is 31.3 Å². The van der Waals surface area contributed by atoms with E-state index >= 15 is 0 Å². The zero-order valence-electron chi connectivity index (χ0n) is 12.6. The van der Waals surface area contributed by atoms with E-state index in [2.05, 4.69) is 27.6 Å². The second kappa shape index (κ2) is 6.41. The molecule has 0 fully saturated rings. The SMILES string of the molecule is CCc1cc(N(C)CCNS(C)(=O)=O)c2ccccc2n1. The van der Waals surface area contributed by atoms with Gasteiger partial charge in [-0.15, -0.1) is 0 Å². The lowest BCUT2D eigenvalue weighted by molar-refractivity contribution is 0.588. The van der Waals surface area contributed by atoms with E-state index in [4.69, 9.17) is 0 Å². The highest BCUT2D eigenvalue weighted by molar-refractivity contribution is 7.88. The van der Waals surface area contributed by atoms with Crippen molar-refractivity contribution in [1.82, 2.24) is 9.71 Å². The van der Waals surface area contributed by atoms with Crippen molar-refractivity contribution < 1.29 is 8.42 Å². The third-order valence-corrected chi connectivity index (χ3v) is 4.06. The number of aromatic nitrogens is 1. The Morgan fingerprint density at radius 2 is 2.00 bits per heavy atom. The maximum Gasteiger partial charge on any atom is 0.208 e. The number of pyridine rings is 1. The molecule has 0 saturated carbocycles. The van der Waals surface area contributed by atoms with Gasteiger partial charge in [-0.05, 0) is 18.6 Å². The summed E-state index contributed by atoms with van der Waals surface area (Å²) in [5.41, 5.74) is 3.08. The second-order valence-electron chi connectivity index (χ2n) is 5.09. The van der Waals surface area contributed by atoms with E-state index in [1.165, 1.54) is 6.26 Å². The van der Waals surface area contributed by atoms with Gasteiger partial charge in [0, 0.05) is 36.9 Å². The topological polar surface area (TPSA) is 62.3 Å². The molecule has 114 valence electrons. The Morgan fingerprint density at radius 1 is 1.29 bits per heavy atom. The molecule has 0 bridgehead atoms. The fourth-order valence-electron chi connectivity index (χ4n) is 2.23. The van der Waals surface area contributed by atoms with Gasteiger partial charge in [-0.1, -0.05) is 25.1 Å². The molecule has 0 amide bonds. The largest absolute Gasteiger partial charge is 0.373 e. The average Bonchev–Trinajstić information content (AvgIpc) is 2.44. The molecule has 1 aromatic carbocycles. The van der Waals surface area contributed by atoms with Gasteiger partial charge in [0.05, 0.1) is 11.8 Å². The lowest BCUT2D eigenvalue weighted by Crippen LogP contribution is -2.32. The minimum Gasteiger partial charge on any atom is -0.373 e. The highest BCUT2D eigenvalue weighted by Crippen LogP contribution is 2.25. The first-order chi connectivity index (χ1) is 9.90. The van der Waals surface area contributed by atoms with Crippen LogP contribution in [-0.2, 0) is 16.4 Å². The first-order valence-electron chi connectivity index (χ1n) is 6.95. The van der Waals surface area contributed by atoms with Gasteiger partial charge in [-0.25, -0.2) is 13.1 Å². The van der Waals surface area contributed by atoms with E-state index < -0.39 is 10.0 Å². The van der Waals surface area contributed by atoms with Gasteiger partial charge in [0.1, 0.15) is 0 Å². The van der Waals surface area contributed by atoms with Crippen LogP contribution in [0.2, 0.25) is 0 Å². The maximum absolute atomic E-state index is 11.1. The predicted octanol–water partition coefficient (Wildman–Crippen LogP) is 1.78. The molecule has 0 saturated heterocycles. The minimum absolute atomic E-state index is 0.382. The van der Waals surface area contributed by atoms with Gasteiger partial charge in [0.2, 0.25) is 10.0 Å². The van der Waals surface area contributed by atoms with Gasteiger partial charge < -0.3 is 4.90 Å². The Bertz CT molecular complexity index is 729. The zero-order chi connectivity index (χ0) is 15.5.